The number of nitrogens with one attached hydrogen (secondary N) is 1. The molecule has 0 saturated carbocycles. The van der Waals surface area contributed by atoms with Crippen LogP contribution in [-0.4, -0.2) is 46.7 Å². The van der Waals surface area contributed by atoms with E-state index in [9.17, 15) is 4.39 Å². The number of methoxy groups -OCH3 is 1. The molecule has 0 heterocycles. The van der Waals surface area contributed by atoms with Gasteiger partial charge in [-0.1, -0.05) is 25.1 Å². The summed E-state index contributed by atoms with van der Waals surface area (Å²) in [5.74, 6) is -0.206. The van der Waals surface area contributed by atoms with Gasteiger partial charge in [0.1, 0.15) is 5.82 Å². The molecule has 0 aromatic heterocycles. The van der Waals surface area contributed by atoms with Gasteiger partial charge in [0, 0.05) is 25.9 Å². The first-order valence-corrected chi connectivity index (χ1v) is 7.41. The van der Waals surface area contributed by atoms with Crippen LogP contribution in [0, 0.1) is 5.82 Å². The lowest BCUT2D eigenvalue weighted by molar-refractivity contribution is 0.0323. The molecule has 5 heteroatoms. The number of halogens is 1. The lowest BCUT2D eigenvalue weighted by Gasteiger charge is -2.19. The molecule has 1 unspecified atom stereocenters. The summed E-state index contributed by atoms with van der Waals surface area (Å²) in [4.78, 5) is 0. The zero-order valence-electron chi connectivity index (χ0n) is 12.9. The van der Waals surface area contributed by atoms with Crippen LogP contribution < -0.4 is 5.32 Å². The van der Waals surface area contributed by atoms with E-state index >= 15 is 0 Å². The van der Waals surface area contributed by atoms with Crippen molar-refractivity contribution >= 4 is 0 Å². The van der Waals surface area contributed by atoms with E-state index < -0.39 is 0 Å². The molecule has 0 radical (unpaired) electrons. The van der Waals surface area contributed by atoms with Crippen molar-refractivity contribution in [2.75, 3.05) is 46.7 Å². The fourth-order valence-corrected chi connectivity index (χ4v) is 1.99. The average molecular weight is 299 g/mol. The van der Waals surface area contributed by atoms with Gasteiger partial charge in [-0.05, 0) is 19.0 Å². The lowest BCUT2D eigenvalue weighted by atomic mass is 10.1. The molecule has 1 N–H and O–H groups in total. The second-order valence-electron chi connectivity index (χ2n) is 4.67. The predicted octanol–water partition coefficient (Wildman–Crippen LogP) is 2.55. The van der Waals surface area contributed by atoms with E-state index in [2.05, 4.69) is 5.32 Å². The minimum atomic E-state index is -0.206. The van der Waals surface area contributed by atoms with Crippen molar-refractivity contribution in [2.24, 2.45) is 0 Å². The first-order valence-electron chi connectivity index (χ1n) is 7.41. The van der Waals surface area contributed by atoms with Gasteiger partial charge in [0.25, 0.3) is 0 Å². The van der Waals surface area contributed by atoms with Crippen molar-refractivity contribution in [1.82, 2.24) is 5.32 Å². The monoisotopic (exact) mass is 299 g/mol. The van der Waals surface area contributed by atoms with Crippen molar-refractivity contribution in [3.63, 3.8) is 0 Å². The molecule has 0 aliphatic carbocycles. The molecule has 0 aliphatic heterocycles. The molecule has 1 aromatic carbocycles. The third-order valence-electron chi connectivity index (χ3n) is 3.02. The van der Waals surface area contributed by atoms with Crippen molar-refractivity contribution in [1.29, 1.82) is 0 Å². The van der Waals surface area contributed by atoms with Gasteiger partial charge in [-0.2, -0.15) is 0 Å². The minimum absolute atomic E-state index is 0.135. The molecule has 1 rings (SSSR count). The maximum absolute atomic E-state index is 13.8. The summed E-state index contributed by atoms with van der Waals surface area (Å²) in [6.07, 6.45) is 0.881. The second kappa shape index (κ2) is 11.6. The van der Waals surface area contributed by atoms with Crippen molar-refractivity contribution in [3.8, 4) is 0 Å². The van der Waals surface area contributed by atoms with E-state index in [0.717, 1.165) is 13.0 Å². The Bertz CT molecular complexity index is 376. The van der Waals surface area contributed by atoms with Gasteiger partial charge in [0.15, 0.2) is 0 Å². The van der Waals surface area contributed by atoms with Gasteiger partial charge in [0.05, 0.1) is 25.9 Å². The molecule has 0 saturated heterocycles. The topological polar surface area (TPSA) is 39.7 Å². The van der Waals surface area contributed by atoms with Crippen molar-refractivity contribution < 1.29 is 18.6 Å². The third-order valence-corrected chi connectivity index (χ3v) is 3.02. The molecular formula is C16H26FNO3. The number of benzene rings is 1. The fourth-order valence-electron chi connectivity index (χ4n) is 1.99. The number of ether oxygens (including phenoxy) is 3. The highest BCUT2D eigenvalue weighted by Crippen LogP contribution is 2.17. The second-order valence-corrected chi connectivity index (χ2v) is 4.67. The van der Waals surface area contributed by atoms with Crippen LogP contribution in [0.2, 0.25) is 0 Å². The third kappa shape index (κ3) is 7.52. The summed E-state index contributed by atoms with van der Waals surface area (Å²) in [6, 6.07) is 6.65. The molecule has 120 valence electrons. The van der Waals surface area contributed by atoms with E-state index in [1.807, 2.05) is 13.0 Å². The number of hydrogen-bond acceptors (Lipinski definition) is 4. The Morgan fingerprint density at radius 2 is 1.86 bits per heavy atom. The largest absolute Gasteiger partial charge is 0.385 e. The van der Waals surface area contributed by atoms with Crippen molar-refractivity contribution in [3.05, 3.63) is 35.6 Å². The maximum atomic E-state index is 13.8. The van der Waals surface area contributed by atoms with Crippen LogP contribution in [0.4, 0.5) is 4.39 Å². The molecule has 21 heavy (non-hydrogen) atoms. The summed E-state index contributed by atoms with van der Waals surface area (Å²) in [6.45, 7) is 5.60. The summed E-state index contributed by atoms with van der Waals surface area (Å²) >= 11 is 0. The summed E-state index contributed by atoms with van der Waals surface area (Å²) in [5.41, 5.74) is 0.639. The Kier molecular flexibility index (Phi) is 9.99. The molecule has 0 bridgehead atoms. The van der Waals surface area contributed by atoms with Crippen LogP contribution in [0.1, 0.15) is 24.9 Å². The van der Waals surface area contributed by atoms with Crippen LogP contribution in [0.5, 0.6) is 0 Å². The smallest absolute Gasteiger partial charge is 0.128 e. The minimum Gasteiger partial charge on any atom is -0.385 e. The zero-order valence-corrected chi connectivity index (χ0v) is 12.9. The Hall–Kier alpha value is -1.01. The Morgan fingerprint density at radius 3 is 2.57 bits per heavy atom. The first-order chi connectivity index (χ1) is 10.3. The quantitative estimate of drug-likeness (QED) is 0.602. The van der Waals surface area contributed by atoms with Gasteiger partial charge in [0.2, 0.25) is 0 Å². The van der Waals surface area contributed by atoms with Crippen LogP contribution in [0.25, 0.3) is 0 Å². The molecule has 0 fully saturated rings. The van der Waals surface area contributed by atoms with Gasteiger partial charge >= 0.3 is 0 Å². The van der Waals surface area contributed by atoms with Gasteiger partial charge in [-0.3, -0.25) is 0 Å². The van der Waals surface area contributed by atoms with E-state index in [-0.39, 0.29) is 11.9 Å². The van der Waals surface area contributed by atoms with E-state index in [4.69, 9.17) is 14.2 Å². The number of rotatable bonds is 12. The predicted molar refractivity (Wildman–Crippen MR) is 80.9 cm³/mol. The Morgan fingerprint density at radius 1 is 1.10 bits per heavy atom. The molecular weight excluding hydrogens is 273 g/mol. The van der Waals surface area contributed by atoms with E-state index in [0.29, 0.717) is 38.6 Å². The van der Waals surface area contributed by atoms with Crippen molar-refractivity contribution in [2.45, 2.75) is 19.4 Å². The molecule has 0 amide bonds. The standard InChI is InChI=1S/C16H26FNO3/c1-3-18-16(14-7-4-5-8-15(14)17)13-21-12-11-20-10-6-9-19-2/h4-5,7-8,16,18H,3,6,9-13H2,1-2H3. The molecule has 1 atom stereocenters. The molecule has 0 spiro atoms. The molecule has 4 nitrogen and oxygen atoms in total. The van der Waals surface area contributed by atoms with E-state index in [1.165, 1.54) is 6.07 Å². The lowest BCUT2D eigenvalue weighted by Crippen LogP contribution is -2.27. The molecule has 1 aromatic rings. The normalized spacial score (nSPS) is 12.5. The van der Waals surface area contributed by atoms with Gasteiger partial charge < -0.3 is 19.5 Å². The molecule has 0 aliphatic rings. The number of hydrogen-bond donors (Lipinski definition) is 1. The van der Waals surface area contributed by atoms with Crippen LogP contribution in [-0.2, 0) is 14.2 Å². The van der Waals surface area contributed by atoms with Crippen LogP contribution >= 0.6 is 0 Å². The average Bonchev–Trinajstić information content (AvgIpc) is 2.49. The highest BCUT2D eigenvalue weighted by molar-refractivity contribution is 5.21. The highest BCUT2D eigenvalue weighted by atomic mass is 19.1. The first kappa shape index (κ1) is 18.0. The fraction of sp³-hybridized carbons (Fsp3) is 0.625. The summed E-state index contributed by atoms with van der Waals surface area (Å²) in [5, 5.41) is 3.24. The van der Waals surface area contributed by atoms with Crippen LogP contribution in [0.3, 0.4) is 0 Å². The van der Waals surface area contributed by atoms with E-state index in [1.54, 1.807) is 19.2 Å². The summed E-state index contributed by atoms with van der Waals surface area (Å²) in [7, 11) is 1.67. The zero-order chi connectivity index (χ0) is 15.3. The summed E-state index contributed by atoms with van der Waals surface area (Å²) < 4.78 is 29.7. The van der Waals surface area contributed by atoms with Crippen LogP contribution in [0.15, 0.2) is 24.3 Å². The van der Waals surface area contributed by atoms with Gasteiger partial charge in [-0.15, -0.1) is 0 Å². The number of likely N-dealkylation sites (N-methyl/N-ethyl adjacent to an activating group) is 1. The highest BCUT2D eigenvalue weighted by Gasteiger charge is 2.14. The maximum Gasteiger partial charge on any atom is 0.128 e. The Labute approximate surface area is 126 Å². The SMILES string of the molecule is CCNC(COCCOCCCOC)c1ccccc1F. The Balaban J connectivity index is 2.25. The van der Waals surface area contributed by atoms with Gasteiger partial charge in [-0.25, -0.2) is 4.39 Å².